The van der Waals surface area contributed by atoms with Crippen molar-refractivity contribution in [2.75, 3.05) is 0 Å². The molecule has 0 unspecified atom stereocenters. The van der Waals surface area contributed by atoms with Gasteiger partial charge in [0.2, 0.25) is 10.7 Å². The first-order chi connectivity index (χ1) is 1.73. The quantitative estimate of drug-likeness (QED) is 0.458. The van der Waals surface area contributed by atoms with Crippen LogP contribution in [-0.4, -0.2) is 0 Å². The molecule has 0 radical (unpaired) electrons. The molecule has 0 fully saturated rings. The summed E-state index contributed by atoms with van der Waals surface area (Å²) in [7, 11) is -2.61. The average molecular weight is 80.1 g/mol. The summed E-state index contributed by atoms with van der Waals surface area (Å²) in [5.74, 6) is 0. The SMILES string of the molecule is N#S(=N)F. The molecule has 0 amide bonds. The number of rotatable bonds is 0. The molecule has 4 heavy (non-hydrogen) atoms. The largest absolute Gasteiger partial charge is 0.224 e. The second kappa shape index (κ2) is 1.04. The molecule has 0 aliphatic heterocycles. The second-order valence-corrected chi connectivity index (χ2v) is 0.712. The normalized spacial score (nSPS) is 6.00. The maximum atomic E-state index is 10.2. The van der Waals surface area contributed by atoms with Crippen LogP contribution < -0.4 is 0 Å². The van der Waals surface area contributed by atoms with E-state index in [1.165, 1.54) is 0 Å². The van der Waals surface area contributed by atoms with Crippen LogP contribution in [0.15, 0.2) is 0 Å². The van der Waals surface area contributed by atoms with E-state index in [-0.39, 0.29) is 0 Å². The van der Waals surface area contributed by atoms with E-state index in [1.807, 2.05) is 0 Å². The van der Waals surface area contributed by atoms with E-state index < -0.39 is 10.7 Å². The lowest BCUT2D eigenvalue weighted by atomic mass is 14.0. The van der Waals surface area contributed by atoms with Crippen molar-refractivity contribution in [1.82, 2.24) is 0 Å². The molecular weight excluding hydrogens is 79.1 g/mol. The van der Waals surface area contributed by atoms with Gasteiger partial charge in [-0.05, 0) is 0 Å². The molecule has 0 atom stereocenters. The fraction of sp³-hybridized carbons (Fsp3) is 0. The highest BCUT2D eigenvalue weighted by Gasteiger charge is 1.41. The zero-order valence-electron chi connectivity index (χ0n) is 1.73. The second-order valence-electron chi connectivity index (χ2n) is 0.237. The van der Waals surface area contributed by atoms with Crippen molar-refractivity contribution in [1.29, 1.82) is 9.39 Å². The lowest BCUT2D eigenvalue weighted by Gasteiger charge is -1.32. The van der Waals surface area contributed by atoms with Gasteiger partial charge in [-0.15, -0.1) is 4.61 Å². The van der Waals surface area contributed by atoms with E-state index in [9.17, 15) is 3.89 Å². The molecule has 0 aliphatic rings. The number of hydrogen-bond acceptors (Lipinski definition) is 2. The molecule has 0 aromatic rings. The van der Waals surface area contributed by atoms with Gasteiger partial charge in [-0.1, -0.05) is 3.89 Å². The minimum atomic E-state index is -2.61. The minimum Gasteiger partial charge on any atom is -0.203 e. The Bertz CT molecular complexity index is 96.2. The monoisotopic (exact) mass is 80.0 g/mol. The third kappa shape index (κ3) is 6.26. The maximum absolute atomic E-state index is 10.2. The predicted molar refractivity (Wildman–Crippen MR) is 12.9 cm³/mol. The van der Waals surface area contributed by atoms with Gasteiger partial charge in [-0.25, -0.2) is 4.78 Å². The highest BCUT2D eigenvalue weighted by atomic mass is 32.2. The summed E-state index contributed by atoms with van der Waals surface area (Å²) in [6.07, 6.45) is 0. The van der Waals surface area contributed by atoms with Crippen molar-refractivity contribution >= 4 is 10.7 Å². The first-order valence-corrected chi connectivity index (χ1v) is 1.62. The molecule has 0 aliphatic carbocycles. The lowest BCUT2D eigenvalue weighted by Crippen LogP contribution is -1.24. The predicted octanol–water partition coefficient (Wildman–Crippen LogP) is 0.731. The molecule has 0 rings (SSSR count). The summed E-state index contributed by atoms with van der Waals surface area (Å²) in [5, 5.41) is 0. The number of hydrogen-bond donors (Lipinski definition) is 1. The smallest absolute Gasteiger partial charge is 0.203 e. The van der Waals surface area contributed by atoms with Crippen LogP contribution >= 0.6 is 0 Å². The summed E-state index contributed by atoms with van der Waals surface area (Å²) in [6, 6.07) is 0. The van der Waals surface area contributed by atoms with Gasteiger partial charge in [0.25, 0.3) is 0 Å². The fourth-order valence-electron chi connectivity index (χ4n) is 0. The number of nitrogens with zero attached hydrogens (tertiary/aromatic N) is 1. The van der Waals surface area contributed by atoms with E-state index in [1.54, 1.807) is 0 Å². The van der Waals surface area contributed by atoms with E-state index in [0.29, 0.717) is 0 Å². The highest BCUT2D eigenvalue weighted by Crippen LogP contribution is 1.50. The van der Waals surface area contributed by atoms with Gasteiger partial charge >= 0.3 is 0 Å². The summed E-state index contributed by atoms with van der Waals surface area (Å²) in [6.45, 7) is 0. The van der Waals surface area contributed by atoms with E-state index in [4.69, 9.17) is 9.39 Å². The van der Waals surface area contributed by atoms with Crippen LogP contribution in [0.25, 0.3) is 0 Å². The van der Waals surface area contributed by atoms with Gasteiger partial charge in [-0.3, -0.25) is 0 Å². The van der Waals surface area contributed by atoms with E-state index in [0.717, 1.165) is 0 Å². The van der Waals surface area contributed by atoms with Crippen molar-refractivity contribution in [3.8, 4) is 0 Å². The van der Waals surface area contributed by atoms with Crippen molar-refractivity contribution < 1.29 is 3.89 Å². The summed E-state index contributed by atoms with van der Waals surface area (Å²) in [5.41, 5.74) is 0. The van der Waals surface area contributed by atoms with E-state index >= 15 is 0 Å². The Labute approximate surface area is 25.0 Å². The molecule has 24 valence electrons. The average Bonchev–Trinajstić information content (AvgIpc) is 0.811. The van der Waals surface area contributed by atoms with Crippen molar-refractivity contribution in [3.63, 3.8) is 0 Å². The standard InChI is InChI=1S/FHN2S/c1-4(2)3/h2H. The summed E-state index contributed by atoms with van der Waals surface area (Å²) >= 11 is 0. The zero-order chi connectivity index (χ0) is 3.58. The van der Waals surface area contributed by atoms with Crippen LogP contribution in [0, 0.1) is 9.39 Å². The van der Waals surface area contributed by atoms with Gasteiger partial charge in [0.15, 0.2) is 0 Å². The van der Waals surface area contributed by atoms with Crippen molar-refractivity contribution in [2.24, 2.45) is 0 Å². The third-order valence-corrected chi connectivity index (χ3v) is 0. The van der Waals surface area contributed by atoms with Crippen LogP contribution in [0.4, 0.5) is 3.89 Å². The number of nitrogens with one attached hydrogen (secondary N) is 1. The molecule has 2 nitrogen and oxygen atoms in total. The van der Waals surface area contributed by atoms with Gasteiger partial charge in [0, 0.05) is 0 Å². The molecule has 0 saturated carbocycles. The summed E-state index contributed by atoms with van der Waals surface area (Å²) < 4.78 is 22.8. The van der Waals surface area contributed by atoms with Crippen LogP contribution in [0.1, 0.15) is 0 Å². The first-order valence-electron chi connectivity index (χ1n) is 0.541. The Morgan fingerprint density at radius 3 is 2.00 bits per heavy atom. The van der Waals surface area contributed by atoms with Crippen LogP contribution in [0.3, 0.4) is 0 Å². The third-order valence-electron chi connectivity index (χ3n) is 0. The van der Waals surface area contributed by atoms with Gasteiger partial charge in [0.05, 0.1) is 0 Å². The molecule has 0 bridgehead atoms. The molecule has 0 spiro atoms. The number of halogens is 1. The van der Waals surface area contributed by atoms with Crippen LogP contribution in [-0.2, 0) is 10.7 Å². The van der Waals surface area contributed by atoms with Crippen LogP contribution in [0.5, 0.6) is 0 Å². The molecule has 1 N–H and O–H groups in total. The van der Waals surface area contributed by atoms with E-state index in [2.05, 4.69) is 0 Å². The summed E-state index contributed by atoms with van der Waals surface area (Å²) in [4.78, 5) is 0. The van der Waals surface area contributed by atoms with Crippen molar-refractivity contribution in [3.05, 3.63) is 0 Å². The molecular formula is HFN2S. The van der Waals surface area contributed by atoms with Crippen molar-refractivity contribution in [2.45, 2.75) is 0 Å². The molecule has 4 heteroatoms. The fourth-order valence-corrected chi connectivity index (χ4v) is 0. The molecule has 0 aromatic carbocycles. The van der Waals surface area contributed by atoms with Crippen LogP contribution in [0.2, 0.25) is 0 Å². The molecule has 0 heterocycles. The zero-order valence-corrected chi connectivity index (χ0v) is 2.55. The Kier molecular flexibility index (Phi) is 0.948. The van der Waals surface area contributed by atoms with Gasteiger partial charge in [-0.2, -0.15) is 0 Å². The molecule has 0 saturated heterocycles. The Morgan fingerprint density at radius 2 is 2.00 bits per heavy atom. The minimum absolute atomic E-state index is 2.61. The first kappa shape index (κ1) is 3.66. The topological polar surface area (TPSA) is 47.6 Å². The Hall–Kier alpha value is -0.340. The Morgan fingerprint density at radius 1 is 2.00 bits per heavy atom. The molecule has 0 aromatic heterocycles. The lowest BCUT2D eigenvalue weighted by molar-refractivity contribution is 0.924. The Balaban J connectivity index is 3.85. The van der Waals surface area contributed by atoms with Gasteiger partial charge < -0.3 is 0 Å². The highest BCUT2D eigenvalue weighted by molar-refractivity contribution is 7.66. The maximum Gasteiger partial charge on any atom is 0.224 e. The van der Waals surface area contributed by atoms with Gasteiger partial charge in [0.1, 0.15) is 0 Å².